The molecule has 0 radical (unpaired) electrons. The number of aliphatic carboxylic acids is 1. The monoisotopic (exact) mass is 1000 g/mol. The number of nitrogens with one attached hydrogen (secondary N) is 6. The molecule has 0 rings (SSSR count). The fraction of sp³-hybridized carbons (Fsp3) is 0.667. The summed E-state index contributed by atoms with van der Waals surface area (Å²) in [6, 6.07) is -9.30. The predicted octanol–water partition coefficient (Wildman–Crippen LogP) is -8.57. The van der Waals surface area contributed by atoms with Crippen LogP contribution >= 0.6 is 25.3 Å². The molecule has 0 spiro atoms. The van der Waals surface area contributed by atoms with Gasteiger partial charge in [0, 0.05) is 44.2 Å². The summed E-state index contributed by atoms with van der Waals surface area (Å²) >= 11 is 8.02. The largest absolute Gasteiger partial charge is 0.480 e. The third-order valence-corrected chi connectivity index (χ3v) is 9.98. The molecule has 32 heteroatoms. The molecular weight excluding hydrogens is 933 g/mol. The van der Waals surface area contributed by atoms with Crippen LogP contribution in [0, 0.1) is 0 Å². The molecule has 0 saturated carbocycles. The lowest BCUT2D eigenvalue weighted by Crippen LogP contribution is -2.60. The highest BCUT2D eigenvalue weighted by atomic mass is 32.1. The maximum atomic E-state index is 14.2. The van der Waals surface area contributed by atoms with Crippen LogP contribution in [0.25, 0.3) is 0 Å². The van der Waals surface area contributed by atoms with E-state index in [1.807, 2.05) is 0 Å². The van der Waals surface area contributed by atoms with E-state index >= 15 is 0 Å². The SMILES string of the molecule is NC(N)=NCCC[C@H](NC(=O)[C@H](CCCN=C(N)N)NC(=O)[C@H](CCCN=C(N)N)NC(=O)[C@H](CCCN=C(N)N)NC(=O)[C@H](CCCN=C(N)N)NC(=O)[C@@H](N)CS)C(=O)N[C@@H](CS)C(=O)O. The van der Waals surface area contributed by atoms with Gasteiger partial charge in [0.05, 0.1) is 6.04 Å². The molecule has 0 fully saturated rings. The van der Waals surface area contributed by atoms with Crippen molar-refractivity contribution in [2.75, 3.05) is 44.2 Å². The van der Waals surface area contributed by atoms with Crippen molar-refractivity contribution < 1.29 is 38.7 Å². The number of rotatable bonds is 35. The van der Waals surface area contributed by atoms with Crippen molar-refractivity contribution in [1.82, 2.24) is 31.9 Å². The molecule has 0 aromatic rings. The third-order valence-electron chi connectivity index (χ3n) is 9.22. The van der Waals surface area contributed by atoms with Gasteiger partial charge in [-0.2, -0.15) is 25.3 Å². The Kier molecular flexibility index (Phi) is 31.2. The summed E-state index contributed by atoms with van der Waals surface area (Å²) in [7, 11) is 0. The zero-order valence-corrected chi connectivity index (χ0v) is 39.6. The van der Waals surface area contributed by atoms with E-state index in [1.165, 1.54) is 0 Å². The quantitative estimate of drug-likeness (QED) is 0.0121. The van der Waals surface area contributed by atoms with Crippen molar-refractivity contribution >= 4 is 96.5 Å². The van der Waals surface area contributed by atoms with Crippen LogP contribution in [0.4, 0.5) is 0 Å². The van der Waals surface area contributed by atoms with Crippen LogP contribution in [-0.4, -0.2) is 163 Å². The summed E-state index contributed by atoms with van der Waals surface area (Å²) in [5.41, 5.74) is 60.4. The number of amides is 6. The maximum absolute atomic E-state index is 14.2. The minimum Gasteiger partial charge on any atom is -0.480 e. The lowest BCUT2D eigenvalue weighted by Gasteiger charge is -2.27. The standard InChI is InChI=1S/C36H72N22O8S2/c37-18(16-67)25(59)53-19(6-1-11-48-32(38)39)26(60)54-20(7-2-12-49-33(40)41)27(61)55-21(8-3-13-50-34(42)43)28(62)56-22(9-4-14-51-35(44)45)29(63)57-23(10-5-15-52-36(46)47)30(64)58-24(17-68)31(65)66/h18-24,67-68H,1-17,37H2,(H,53,59)(H,54,60)(H,55,61)(H,56,62)(H,57,63)(H,58,64)(H,65,66)(H4,38,39,48)(H4,40,41,49)(H4,42,43,50)(H4,44,45,51)(H4,46,47,52)/t18-,19-,20-,21-,22-,23-,24-/m0/s1. The summed E-state index contributed by atoms with van der Waals surface area (Å²) < 4.78 is 0. The van der Waals surface area contributed by atoms with Gasteiger partial charge in [-0.1, -0.05) is 0 Å². The highest BCUT2D eigenvalue weighted by Crippen LogP contribution is 2.09. The van der Waals surface area contributed by atoms with Crippen LogP contribution in [0.15, 0.2) is 25.0 Å². The predicted molar refractivity (Wildman–Crippen MR) is 264 cm³/mol. The number of thiol groups is 2. The molecule has 0 unspecified atom stereocenters. The van der Waals surface area contributed by atoms with Gasteiger partial charge < -0.3 is 100 Å². The minimum absolute atomic E-state index is 0.00651. The second kappa shape index (κ2) is 34.6. The average molecular weight is 1010 g/mol. The highest BCUT2D eigenvalue weighted by Gasteiger charge is 2.33. The Morgan fingerprint density at radius 2 is 0.574 bits per heavy atom. The Morgan fingerprint density at radius 1 is 0.368 bits per heavy atom. The molecule has 29 N–H and O–H groups in total. The Bertz CT molecular complexity index is 1780. The first-order chi connectivity index (χ1) is 32.0. The first-order valence-corrected chi connectivity index (χ1v) is 22.6. The second-order valence-electron chi connectivity index (χ2n) is 14.9. The Labute approximate surface area is 404 Å². The summed E-state index contributed by atoms with van der Waals surface area (Å²) in [5.74, 6) is -7.87. The second-order valence-corrected chi connectivity index (χ2v) is 15.7. The van der Waals surface area contributed by atoms with E-state index in [2.05, 4.69) is 82.1 Å². The van der Waals surface area contributed by atoms with Gasteiger partial charge in [-0.25, -0.2) is 4.79 Å². The van der Waals surface area contributed by atoms with Gasteiger partial charge in [0.1, 0.15) is 36.3 Å². The topological polar surface area (TPSA) is 560 Å². The van der Waals surface area contributed by atoms with Gasteiger partial charge in [0.15, 0.2) is 29.8 Å². The molecule has 0 aromatic heterocycles. The third kappa shape index (κ3) is 28.4. The number of carbonyl (C=O) groups is 7. The number of carboxylic acid groups (broad SMARTS) is 1. The zero-order chi connectivity index (χ0) is 51.8. The van der Waals surface area contributed by atoms with Crippen molar-refractivity contribution in [2.45, 2.75) is 107 Å². The number of nitrogens with two attached hydrogens (primary N) is 11. The summed E-state index contributed by atoms with van der Waals surface area (Å²) in [6.45, 7) is 0.213. The van der Waals surface area contributed by atoms with Crippen LogP contribution in [0.5, 0.6) is 0 Å². The molecule has 7 atom stereocenters. The lowest BCUT2D eigenvalue weighted by atomic mass is 10.0. The van der Waals surface area contributed by atoms with Gasteiger partial charge >= 0.3 is 5.97 Å². The lowest BCUT2D eigenvalue weighted by molar-refractivity contribution is -0.141. The van der Waals surface area contributed by atoms with E-state index in [0.717, 1.165) is 0 Å². The minimum atomic E-state index is -1.42. The van der Waals surface area contributed by atoms with Crippen LogP contribution in [0.1, 0.15) is 64.2 Å². The van der Waals surface area contributed by atoms with Crippen LogP contribution in [0.2, 0.25) is 0 Å². The van der Waals surface area contributed by atoms with Gasteiger partial charge in [-0.3, -0.25) is 53.7 Å². The molecule has 0 bridgehead atoms. The fourth-order valence-corrected chi connectivity index (χ4v) is 6.18. The molecule has 68 heavy (non-hydrogen) atoms. The molecule has 0 aromatic carbocycles. The molecule has 6 amide bonds. The van der Waals surface area contributed by atoms with Crippen molar-refractivity contribution in [2.24, 2.45) is 88.0 Å². The number of carboxylic acids is 1. The van der Waals surface area contributed by atoms with E-state index in [0.29, 0.717) is 0 Å². The number of carbonyl (C=O) groups excluding carboxylic acids is 6. The summed E-state index contributed by atoms with van der Waals surface area (Å²) in [6.07, 6.45) is 0.352. The molecule has 0 saturated heterocycles. The fourth-order valence-electron chi connectivity index (χ4n) is 5.77. The Hall–Kier alpha value is -6.70. The smallest absolute Gasteiger partial charge is 0.327 e. The molecular formula is C36H72N22O8S2. The van der Waals surface area contributed by atoms with Crippen molar-refractivity contribution in [3.05, 3.63) is 0 Å². The maximum Gasteiger partial charge on any atom is 0.327 e. The van der Waals surface area contributed by atoms with E-state index in [9.17, 15) is 38.7 Å². The Morgan fingerprint density at radius 3 is 0.750 bits per heavy atom. The van der Waals surface area contributed by atoms with Crippen LogP contribution in [0.3, 0.4) is 0 Å². The number of nitrogens with zero attached hydrogens (tertiary/aromatic N) is 5. The van der Waals surface area contributed by atoms with E-state index in [4.69, 9.17) is 63.1 Å². The number of guanidine groups is 5. The van der Waals surface area contributed by atoms with Crippen LogP contribution < -0.4 is 95.0 Å². The molecule has 0 aliphatic heterocycles. The zero-order valence-electron chi connectivity index (χ0n) is 37.8. The summed E-state index contributed by atoms with van der Waals surface area (Å²) in [4.78, 5) is 114. The Balaban J connectivity index is 7.00. The van der Waals surface area contributed by atoms with E-state index in [1.54, 1.807) is 0 Å². The van der Waals surface area contributed by atoms with Crippen molar-refractivity contribution in [3.63, 3.8) is 0 Å². The van der Waals surface area contributed by atoms with E-state index < -0.39 is 83.7 Å². The van der Waals surface area contributed by atoms with Crippen molar-refractivity contribution in [1.29, 1.82) is 0 Å². The van der Waals surface area contributed by atoms with Gasteiger partial charge in [0.2, 0.25) is 35.4 Å². The number of hydrogen-bond donors (Lipinski definition) is 20. The highest BCUT2D eigenvalue weighted by molar-refractivity contribution is 7.80. The first-order valence-electron chi connectivity index (χ1n) is 21.3. The molecule has 0 aliphatic carbocycles. The van der Waals surface area contributed by atoms with Gasteiger partial charge in [-0.15, -0.1) is 0 Å². The normalized spacial score (nSPS) is 13.7. The molecule has 0 heterocycles. The first kappa shape index (κ1) is 61.3. The van der Waals surface area contributed by atoms with E-state index in [-0.39, 0.29) is 138 Å². The van der Waals surface area contributed by atoms with Gasteiger partial charge in [-0.05, 0) is 64.2 Å². The summed E-state index contributed by atoms with van der Waals surface area (Å²) in [5, 5.41) is 24.8. The average Bonchev–Trinajstić information content (AvgIpc) is 3.26. The number of hydrogen-bond acceptors (Lipinski definition) is 15. The molecule has 30 nitrogen and oxygen atoms in total. The molecule has 0 aliphatic rings. The van der Waals surface area contributed by atoms with Crippen molar-refractivity contribution in [3.8, 4) is 0 Å². The van der Waals surface area contributed by atoms with Crippen LogP contribution in [-0.2, 0) is 33.6 Å². The number of aliphatic imine (C=N–C) groups is 5. The van der Waals surface area contributed by atoms with Gasteiger partial charge in [0.25, 0.3) is 0 Å². The molecule has 386 valence electrons.